The molecule has 15 nitrogen and oxygen atoms in total. The van der Waals surface area contributed by atoms with Gasteiger partial charge in [0.05, 0.1) is 13.0 Å². The van der Waals surface area contributed by atoms with E-state index in [4.69, 9.17) is 11.5 Å². The Bertz CT molecular complexity index is 1580. The number of carbonyl (C=O) groups excluding carboxylic acids is 5. The van der Waals surface area contributed by atoms with Crippen LogP contribution in [0.15, 0.2) is 78.9 Å². The highest BCUT2D eigenvalue weighted by Gasteiger charge is 2.32. The van der Waals surface area contributed by atoms with Gasteiger partial charge in [-0.15, -0.1) is 0 Å². The Hall–Kier alpha value is -5.96. The van der Waals surface area contributed by atoms with Gasteiger partial charge in [0, 0.05) is 19.3 Å². The van der Waals surface area contributed by atoms with E-state index < -0.39 is 72.6 Å². The molecule has 3 rings (SSSR count). The number of nitrogens with two attached hydrogens (primary N) is 2. The number of nitrogens with one attached hydrogen (secondary N) is 4. The van der Waals surface area contributed by atoms with E-state index in [1.54, 1.807) is 30.3 Å². The zero-order valence-corrected chi connectivity index (χ0v) is 25.8. The fourth-order valence-corrected chi connectivity index (χ4v) is 4.68. The van der Waals surface area contributed by atoms with Crippen molar-refractivity contribution in [3.63, 3.8) is 0 Å². The molecule has 0 aromatic heterocycles. The van der Waals surface area contributed by atoms with E-state index in [9.17, 15) is 44.1 Å². The first-order chi connectivity index (χ1) is 22.8. The number of hydrogen-bond donors (Lipinski definition) is 9. The minimum atomic E-state index is -1.58. The van der Waals surface area contributed by atoms with Gasteiger partial charge in [-0.05, 0) is 41.0 Å². The molecule has 4 atom stereocenters. The summed E-state index contributed by atoms with van der Waals surface area (Å²) in [4.78, 5) is 76.4. The standard InChI is InChI=1S/C33H38N6O9/c34-18-28(42)36-27(17-29(43)44)33(48)39-26(16-21-8-12-23(41)13-9-21)32(47)38-25(15-20-6-10-22(40)11-7-20)31(46)37-24(30(35)45)14-19-4-2-1-3-5-19/h1-13,24-27,40-41H,14-18,34H2,(H2,35,45)(H,36,42)(H,37,46)(H,38,47)(H,39,48)(H,43,44). The van der Waals surface area contributed by atoms with Crippen LogP contribution in [0, 0.1) is 0 Å². The maximum atomic E-state index is 13.8. The number of phenolic OH excluding ortho intramolecular Hbond substituents is 2. The Morgan fingerprint density at radius 1 is 0.562 bits per heavy atom. The fraction of sp³-hybridized carbons (Fsp3) is 0.273. The summed E-state index contributed by atoms with van der Waals surface area (Å²) in [6.07, 6.45) is -1.02. The molecular formula is C33H38N6O9. The van der Waals surface area contributed by atoms with Crippen LogP contribution in [-0.2, 0) is 48.0 Å². The lowest BCUT2D eigenvalue weighted by atomic mass is 10.0. The molecule has 4 unspecified atom stereocenters. The normalized spacial score (nSPS) is 13.2. The average Bonchev–Trinajstić information content (AvgIpc) is 3.05. The number of primary amides is 1. The van der Waals surface area contributed by atoms with Crippen molar-refractivity contribution in [3.8, 4) is 11.5 Å². The number of carboxylic acid groups (broad SMARTS) is 1. The third-order valence-corrected chi connectivity index (χ3v) is 7.18. The highest BCUT2D eigenvalue weighted by molar-refractivity contribution is 5.96. The Morgan fingerprint density at radius 2 is 0.958 bits per heavy atom. The molecule has 15 heteroatoms. The van der Waals surface area contributed by atoms with Crippen molar-refractivity contribution in [1.29, 1.82) is 0 Å². The zero-order valence-electron chi connectivity index (χ0n) is 25.8. The first-order valence-electron chi connectivity index (χ1n) is 14.9. The summed E-state index contributed by atoms with van der Waals surface area (Å²) in [5.41, 5.74) is 12.6. The van der Waals surface area contributed by atoms with Gasteiger partial charge < -0.3 is 48.1 Å². The van der Waals surface area contributed by atoms with Crippen LogP contribution in [0.3, 0.4) is 0 Å². The molecule has 3 aromatic rings. The lowest BCUT2D eigenvalue weighted by Crippen LogP contribution is -2.59. The van der Waals surface area contributed by atoms with Gasteiger partial charge in [0.2, 0.25) is 29.5 Å². The smallest absolute Gasteiger partial charge is 0.305 e. The molecule has 0 bridgehead atoms. The summed E-state index contributed by atoms with van der Waals surface area (Å²) in [5.74, 6) is -5.76. The van der Waals surface area contributed by atoms with Gasteiger partial charge in [-0.3, -0.25) is 28.8 Å². The van der Waals surface area contributed by atoms with E-state index in [1.807, 2.05) is 0 Å². The Morgan fingerprint density at radius 3 is 1.38 bits per heavy atom. The number of phenols is 2. The number of aromatic hydroxyl groups is 2. The third kappa shape index (κ3) is 11.8. The topological polar surface area (TPSA) is 263 Å². The third-order valence-electron chi connectivity index (χ3n) is 7.18. The molecule has 0 aliphatic carbocycles. The molecule has 5 amide bonds. The number of aliphatic carboxylic acids is 1. The lowest BCUT2D eigenvalue weighted by Gasteiger charge is -2.26. The summed E-state index contributed by atoms with van der Waals surface area (Å²) in [5, 5.41) is 38.6. The highest BCUT2D eigenvalue weighted by Crippen LogP contribution is 2.14. The Kier molecular flexibility index (Phi) is 13.4. The maximum Gasteiger partial charge on any atom is 0.305 e. The van der Waals surface area contributed by atoms with E-state index in [0.717, 1.165) is 5.56 Å². The van der Waals surface area contributed by atoms with Crippen molar-refractivity contribution in [2.75, 3.05) is 6.54 Å². The molecule has 0 radical (unpaired) electrons. The molecular weight excluding hydrogens is 624 g/mol. The van der Waals surface area contributed by atoms with E-state index in [2.05, 4.69) is 21.3 Å². The summed E-state index contributed by atoms with van der Waals surface area (Å²) in [6, 6.07) is 14.9. The van der Waals surface area contributed by atoms with Crippen LogP contribution < -0.4 is 32.7 Å². The van der Waals surface area contributed by atoms with Gasteiger partial charge in [-0.25, -0.2) is 0 Å². The summed E-state index contributed by atoms with van der Waals surface area (Å²) >= 11 is 0. The van der Waals surface area contributed by atoms with Crippen LogP contribution in [0.1, 0.15) is 23.1 Å². The van der Waals surface area contributed by atoms with Crippen molar-refractivity contribution >= 4 is 35.5 Å². The quantitative estimate of drug-likeness (QED) is 0.0850. The van der Waals surface area contributed by atoms with Gasteiger partial charge >= 0.3 is 5.97 Å². The number of carboxylic acids is 1. The molecule has 0 fully saturated rings. The summed E-state index contributed by atoms with van der Waals surface area (Å²) in [6.45, 7) is -0.522. The van der Waals surface area contributed by atoms with E-state index in [-0.39, 0.29) is 30.8 Å². The molecule has 11 N–H and O–H groups in total. The van der Waals surface area contributed by atoms with Gasteiger partial charge in [-0.2, -0.15) is 0 Å². The van der Waals surface area contributed by atoms with Crippen molar-refractivity contribution in [2.45, 2.75) is 49.9 Å². The molecule has 0 spiro atoms. The van der Waals surface area contributed by atoms with Crippen molar-refractivity contribution < 1.29 is 44.1 Å². The second-order valence-corrected chi connectivity index (χ2v) is 10.9. The van der Waals surface area contributed by atoms with Crippen molar-refractivity contribution in [3.05, 3.63) is 95.6 Å². The van der Waals surface area contributed by atoms with Gasteiger partial charge in [0.25, 0.3) is 0 Å². The molecule has 3 aromatic carbocycles. The van der Waals surface area contributed by atoms with Crippen molar-refractivity contribution in [2.24, 2.45) is 11.5 Å². The number of benzene rings is 3. The monoisotopic (exact) mass is 662 g/mol. The fourth-order valence-electron chi connectivity index (χ4n) is 4.68. The van der Waals surface area contributed by atoms with Crippen LogP contribution >= 0.6 is 0 Å². The largest absolute Gasteiger partial charge is 0.508 e. The van der Waals surface area contributed by atoms with Crippen LogP contribution in [0.25, 0.3) is 0 Å². The lowest BCUT2D eigenvalue weighted by molar-refractivity contribution is -0.141. The second-order valence-electron chi connectivity index (χ2n) is 10.9. The van der Waals surface area contributed by atoms with E-state index in [1.165, 1.54) is 48.5 Å². The summed E-state index contributed by atoms with van der Waals surface area (Å²) in [7, 11) is 0. The van der Waals surface area contributed by atoms with E-state index >= 15 is 0 Å². The SMILES string of the molecule is NCC(=O)NC(CC(=O)O)C(=O)NC(Cc1ccc(O)cc1)C(=O)NC(Cc1ccc(O)cc1)C(=O)NC(Cc1ccccc1)C(N)=O. The molecule has 0 aliphatic rings. The molecule has 0 saturated heterocycles. The van der Waals surface area contributed by atoms with Crippen molar-refractivity contribution in [1.82, 2.24) is 21.3 Å². The maximum absolute atomic E-state index is 13.8. The molecule has 48 heavy (non-hydrogen) atoms. The minimum Gasteiger partial charge on any atom is -0.508 e. The van der Waals surface area contributed by atoms with Crippen LogP contribution in [0.5, 0.6) is 11.5 Å². The number of hydrogen-bond acceptors (Lipinski definition) is 9. The van der Waals surface area contributed by atoms with Crippen LogP contribution in [-0.4, -0.2) is 81.5 Å². The van der Waals surface area contributed by atoms with E-state index in [0.29, 0.717) is 11.1 Å². The average molecular weight is 663 g/mol. The van der Waals surface area contributed by atoms with Crippen LogP contribution in [0.2, 0.25) is 0 Å². The molecule has 0 aliphatic heterocycles. The predicted octanol–water partition coefficient (Wildman–Crippen LogP) is -1.02. The highest BCUT2D eigenvalue weighted by atomic mass is 16.4. The Labute approximate surface area is 275 Å². The van der Waals surface area contributed by atoms with Gasteiger partial charge in [0.1, 0.15) is 35.7 Å². The first-order valence-corrected chi connectivity index (χ1v) is 14.9. The molecule has 254 valence electrons. The number of rotatable bonds is 17. The predicted molar refractivity (Wildman–Crippen MR) is 172 cm³/mol. The van der Waals surface area contributed by atoms with Gasteiger partial charge in [0.15, 0.2) is 0 Å². The molecule has 0 saturated carbocycles. The second kappa shape index (κ2) is 17.7. The molecule has 0 heterocycles. The minimum absolute atomic E-state index is 0.0326. The number of carbonyl (C=O) groups is 6. The van der Waals surface area contributed by atoms with Crippen LogP contribution in [0.4, 0.5) is 0 Å². The first kappa shape index (κ1) is 36.5. The number of amides is 5. The van der Waals surface area contributed by atoms with Gasteiger partial charge in [-0.1, -0.05) is 54.6 Å². The zero-order chi connectivity index (χ0) is 35.2. The summed E-state index contributed by atoms with van der Waals surface area (Å²) < 4.78 is 0. The Balaban J connectivity index is 1.91.